The van der Waals surface area contributed by atoms with Gasteiger partial charge >= 0.3 is 18.0 Å². The molecule has 248 valence electrons. The van der Waals surface area contributed by atoms with Crippen LogP contribution in [-0.4, -0.2) is 78.7 Å². The molecule has 0 unspecified atom stereocenters. The molecular weight excluding hydrogens is 636 g/mol. The van der Waals surface area contributed by atoms with E-state index in [-0.39, 0.29) is 31.0 Å². The Morgan fingerprint density at radius 1 is 0.773 bits per heavy atom. The number of amides is 1. The molecule has 44 heavy (non-hydrogen) atoms. The van der Waals surface area contributed by atoms with Crippen molar-refractivity contribution in [2.24, 2.45) is 0 Å². The molecule has 0 spiro atoms. The Balaban J connectivity index is -0.000000703. The number of hydrogen-bond donors (Lipinski definition) is 1. The molecule has 0 fully saturated rings. The predicted molar refractivity (Wildman–Crippen MR) is 181 cm³/mol. The Bertz CT molecular complexity index is 1030. The highest BCUT2D eigenvalue weighted by molar-refractivity contribution is 7.98. The molecule has 1 N–H and O–H groups in total. The van der Waals surface area contributed by atoms with Crippen LogP contribution in [0.4, 0.5) is 4.79 Å². The van der Waals surface area contributed by atoms with Gasteiger partial charge in [0.1, 0.15) is 30.9 Å². The van der Waals surface area contributed by atoms with E-state index in [9.17, 15) is 14.4 Å². The number of carbonyl (C=O) groups is 3. The largest absolute Gasteiger partial charge is 0.460 e. The maximum Gasteiger partial charge on any atom is 0.410 e. The summed E-state index contributed by atoms with van der Waals surface area (Å²) in [6.45, 7) is 5.89. The SMILES string of the molecule is CN[C@@H](CSC)C(=O)OCc1ccccc1.CSC[C@@H](C(=O)OCc1ccccc1)N(C)C(=O)OC(C)(C)C.Cl.O=O.O=O. The molecule has 2 aromatic rings. The Hall–Kier alpha value is -3.20. The molecule has 0 aliphatic heterocycles. The molecule has 0 aromatic heterocycles. The maximum absolute atomic E-state index is 12.3. The van der Waals surface area contributed by atoms with E-state index in [1.165, 1.54) is 16.7 Å². The van der Waals surface area contributed by atoms with Crippen molar-refractivity contribution in [3.8, 4) is 0 Å². The van der Waals surface area contributed by atoms with Gasteiger partial charge in [-0.05, 0) is 51.5 Å². The van der Waals surface area contributed by atoms with Crippen LogP contribution in [0.2, 0.25) is 0 Å². The van der Waals surface area contributed by atoms with E-state index in [1.807, 2.05) is 73.2 Å². The van der Waals surface area contributed by atoms with Gasteiger partial charge in [-0.2, -0.15) is 23.5 Å². The van der Waals surface area contributed by atoms with E-state index in [0.29, 0.717) is 12.4 Å². The fourth-order valence-corrected chi connectivity index (χ4v) is 4.36. The van der Waals surface area contributed by atoms with E-state index in [1.54, 1.807) is 46.6 Å². The van der Waals surface area contributed by atoms with Gasteiger partial charge in [0, 0.05) is 38.4 Å². The number of carbonyl (C=O) groups excluding carboxylic acids is 3. The zero-order valence-corrected chi connectivity index (χ0v) is 28.5. The zero-order chi connectivity index (χ0) is 33.3. The number of ether oxygens (including phenoxy) is 3. The lowest BCUT2D eigenvalue weighted by molar-refractivity contribution is -0.150. The second-order valence-electron chi connectivity index (χ2n) is 9.55. The number of halogens is 1. The number of likely N-dealkylation sites (N-methyl/N-ethyl adjacent to an activating group) is 2. The van der Waals surface area contributed by atoms with Crippen LogP contribution in [0.5, 0.6) is 0 Å². The van der Waals surface area contributed by atoms with Crippen LogP contribution in [0.15, 0.2) is 60.7 Å². The Morgan fingerprint density at radius 3 is 1.55 bits per heavy atom. The normalized spacial score (nSPS) is 11.1. The molecule has 12 nitrogen and oxygen atoms in total. The highest BCUT2D eigenvalue weighted by atomic mass is 35.5. The van der Waals surface area contributed by atoms with Gasteiger partial charge < -0.3 is 19.5 Å². The van der Waals surface area contributed by atoms with Gasteiger partial charge in [0.2, 0.25) is 0 Å². The molecule has 0 aliphatic carbocycles. The molecule has 2 aromatic carbocycles. The smallest absolute Gasteiger partial charge is 0.410 e. The molecule has 0 radical (unpaired) electrons. The summed E-state index contributed by atoms with van der Waals surface area (Å²) >= 11 is 3.09. The summed E-state index contributed by atoms with van der Waals surface area (Å²) in [6, 6.07) is 18.2. The summed E-state index contributed by atoms with van der Waals surface area (Å²) in [5.41, 5.74) is 1.31. The van der Waals surface area contributed by atoms with Gasteiger partial charge in [-0.3, -0.25) is 9.69 Å². The minimum Gasteiger partial charge on any atom is -0.460 e. The fourth-order valence-electron chi connectivity index (χ4n) is 3.05. The van der Waals surface area contributed by atoms with E-state index in [0.717, 1.165) is 16.9 Å². The lowest BCUT2D eigenvalue weighted by Crippen LogP contribution is -2.46. The first-order chi connectivity index (χ1) is 20.5. The summed E-state index contributed by atoms with van der Waals surface area (Å²) < 4.78 is 15.9. The molecule has 2 atom stereocenters. The topological polar surface area (TPSA) is 162 Å². The summed E-state index contributed by atoms with van der Waals surface area (Å²) in [6.07, 6.45) is 3.31. The number of esters is 2. The van der Waals surface area contributed by atoms with Crippen molar-refractivity contribution in [1.29, 1.82) is 0 Å². The monoisotopic (exact) mass is 678 g/mol. The molecule has 0 bridgehead atoms. The lowest BCUT2D eigenvalue weighted by atomic mass is 10.2. The van der Waals surface area contributed by atoms with Crippen molar-refractivity contribution in [2.45, 2.75) is 51.7 Å². The van der Waals surface area contributed by atoms with Gasteiger partial charge in [0.05, 0.1) is 0 Å². The average Bonchev–Trinajstić information content (AvgIpc) is 3.02. The first kappa shape index (κ1) is 45.2. The first-order valence-corrected chi connectivity index (χ1v) is 15.7. The van der Waals surface area contributed by atoms with Crippen LogP contribution in [0, 0.1) is 19.9 Å². The van der Waals surface area contributed by atoms with E-state index < -0.39 is 23.7 Å². The van der Waals surface area contributed by atoms with Gasteiger partial charge in [-0.15, -0.1) is 12.4 Å². The van der Waals surface area contributed by atoms with Crippen LogP contribution in [-0.2, 0) is 37.0 Å². The number of nitrogens with one attached hydrogen (secondary N) is 1. The summed E-state index contributed by atoms with van der Waals surface area (Å²) in [7, 11) is 3.32. The van der Waals surface area contributed by atoms with Crippen molar-refractivity contribution in [3.63, 3.8) is 0 Å². The molecule has 1 amide bonds. The fraction of sp³-hybridized carbons (Fsp3) is 0.483. The standard InChI is InChI=1S/C17H25NO4S.C12H17NO2S.ClH.2O2/c1-17(2,3)22-16(20)18(4)14(12-23-5)15(19)21-11-13-9-7-6-8-10-13;1-13-11(9-16-2)12(14)15-8-10-6-4-3-5-7-10;;2*1-2/h6-10,14H,11-12H2,1-5H3;3-7,11,13H,8-9H2,1-2H3;1H;;/t14-;11-;;;/m00.../s1. The molecule has 0 saturated carbocycles. The predicted octanol–water partition coefficient (Wildman–Crippen LogP) is 5.56. The number of hydrogen-bond acceptors (Lipinski definition) is 13. The van der Waals surface area contributed by atoms with Gasteiger partial charge in [-0.25, -0.2) is 9.59 Å². The minimum absolute atomic E-state index is 0. The van der Waals surface area contributed by atoms with Crippen molar-refractivity contribution in [2.75, 3.05) is 38.1 Å². The number of benzene rings is 2. The second-order valence-corrected chi connectivity index (χ2v) is 11.4. The van der Waals surface area contributed by atoms with Crippen LogP contribution < -0.4 is 5.32 Å². The quantitative estimate of drug-likeness (QED) is 0.219. The summed E-state index contributed by atoms with van der Waals surface area (Å²) in [5, 5.41) is 2.94. The summed E-state index contributed by atoms with van der Waals surface area (Å²) in [4.78, 5) is 65.4. The molecular formula is C29H43ClN2O10S2. The lowest BCUT2D eigenvalue weighted by Gasteiger charge is -2.29. The third-order valence-corrected chi connectivity index (χ3v) is 6.48. The summed E-state index contributed by atoms with van der Waals surface area (Å²) in [5.74, 6) is 0.547. The van der Waals surface area contributed by atoms with Gasteiger partial charge in [0.25, 0.3) is 0 Å². The van der Waals surface area contributed by atoms with Gasteiger partial charge in [0.15, 0.2) is 0 Å². The van der Waals surface area contributed by atoms with Crippen molar-refractivity contribution in [3.05, 3.63) is 91.6 Å². The van der Waals surface area contributed by atoms with Crippen LogP contribution in [0.3, 0.4) is 0 Å². The molecule has 15 heteroatoms. The Morgan fingerprint density at radius 2 is 1.18 bits per heavy atom. The molecule has 0 heterocycles. The highest BCUT2D eigenvalue weighted by Crippen LogP contribution is 2.14. The Kier molecular flexibility index (Phi) is 28.1. The molecule has 0 saturated heterocycles. The number of rotatable bonds is 12. The molecule has 0 aliphatic rings. The first-order valence-electron chi connectivity index (χ1n) is 12.9. The van der Waals surface area contributed by atoms with Gasteiger partial charge in [-0.1, -0.05) is 60.7 Å². The maximum atomic E-state index is 12.3. The number of nitrogens with zero attached hydrogens (tertiary/aromatic N) is 1. The minimum atomic E-state index is -0.677. The molecule has 2 rings (SSSR count). The van der Waals surface area contributed by atoms with Crippen LogP contribution in [0.25, 0.3) is 0 Å². The second kappa shape index (κ2) is 27.4. The van der Waals surface area contributed by atoms with E-state index in [2.05, 4.69) is 5.32 Å². The average molecular weight is 679 g/mol. The van der Waals surface area contributed by atoms with Crippen LogP contribution in [0.1, 0.15) is 31.9 Å². The zero-order valence-electron chi connectivity index (χ0n) is 26.0. The van der Waals surface area contributed by atoms with Crippen molar-refractivity contribution < 1.29 is 28.6 Å². The van der Waals surface area contributed by atoms with Crippen molar-refractivity contribution >= 4 is 54.0 Å². The van der Waals surface area contributed by atoms with E-state index >= 15 is 0 Å². The van der Waals surface area contributed by atoms with E-state index in [4.69, 9.17) is 34.1 Å². The third kappa shape index (κ3) is 20.7. The number of thioether (sulfide) groups is 2. The highest BCUT2D eigenvalue weighted by Gasteiger charge is 2.31. The Labute approximate surface area is 273 Å². The van der Waals surface area contributed by atoms with Crippen LogP contribution >= 0.6 is 35.9 Å². The third-order valence-electron chi connectivity index (χ3n) is 5.16. The van der Waals surface area contributed by atoms with Crippen molar-refractivity contribution in [1.82, 2.24) is 10.2 Å².